The summed E-state index contributed by atoms with van der Waals surface area (Å²) in [7, 11) is 5.43. The van der Waals surface area contributed by atoms with Crippen molar-refractivity contribution >= 4 is 60.5 Å². The van der Waals surface area contributed by atoms with E-state index in [2.05, 4.69) is 54.0 Å². The molecule has 1 saturated carbocycles. The summed E-state index contributed by atoms with van der Waals surface area (Å²) < 4.78 is 23.3. The zero-order valence-electron chi connectivity index (χ0n) is 43.3. The zero-order chi connectivity index (χ0) is 53.2. The second-order valence-electron chi connectivity index (χ2n) is 17.0. The highest BCUT2D eigenvalue weighted by atomic mass is 16.5. The van der Waals surface area contributed by atoms with Crippen molar-refractivity contribution in [3.05, 3.63) is 77.0 Å². The van der Waals surface area contributed by atoms with Crippen LogP contribution in [0, 0.1) is 18.3 Å². The van der Waals surface area contributed by atoms with Crippen LogP contribution in [0.2, 0.25) is 0 Å². The molecule has 1 aromatic heterocycles. The van der Waals surface area contributed by atoms with Crippen LogP contribution in [0.25, 0.3) is 5.70 Å². The number of nitrogens with zero attached hydrogens (tertiary/aromatic N) is 7. The molecule has 2 atom stereocenters. The smallest absolute Gasteiger partial charge is 0.226 e. The van der Waals surface area contributed by atoms with Gasteiger partial charge in [0, 0.05) is 69.4 Å². The van der Waals surface area contributed by atoms with Crippen LogP contribution in [0.15, 0.2) is 58.9 Å². The standard InChI is InChI=1S/C24H29N7O.C16H23N3O3.C12H24N2O5/c1-4-20-23-19(12-25)28-15-30(23)21(13-27-14-26)24(31(20)17-7-5-6-8-17)29-18-10-9-16(2)11-22(18)32-3;1-12(7-8-16(22)18-11-21)19(3)9-14-13(10-20)5-4-6-15(14)17-2;15-5-1-2-13-3-6-17-8-10-19-11-9-18-7-4-14-12-16/h9-11,13-15,17,20H,4-8H2,1-3H3,(H2,26,27);4-6,10-12,17H,7-9H2,1-3H3,(H,18,21,22);5,12-13H,1-4,6-11H2,(H,14,16)/b21-13+,29-24?;;. The Morgan fingerprint density at radius 1 is 1.01 bits per heavy atom. The number of carbonyl (C=O) groups excluding carboxylic acids is 5. The number of hydrogen-bond donors (Lipinski definition) is 5. The van der Waals surface area contributed by atoms with Gasteiger partial charge in [0.25, 0.3) is 0 Å². The Morgan fingerprint density at radius 3 is 2.34 bits per heavy atom. The minimum Gasteiger partial charge on any atom is -0.494 e. The molecule has 1 fully saturated rings. The maximum atomic E-state index is 11.3. The third-order valence-corrected chi connectivity index (χ3v) is 12.1. The molecule has 0 spiro atoms. The number of nitrogens with two attached hydrogens (primary N) is 1. The summed E-state index contributed by atoms with van der Waals surface area (Å²) in [5.41, 5.74) is 12.0. The van der Waals surface area contributed by atoms with E-state index in [0.717, 1.165) is 78.1 Å². The van der Waals surface area contributed by atoms with E-state index in [1.807, 2.05) is 62.8 Å². The number of methoxy groups -OCH3 is 1. The molecule has 0 bridgehead atoms. The van der Waals surface area contributed by atoms with Crippen LogP contribution in [0.5, 0.6) is 5.75 Å². The van der Waals surface area contributed by atoms with Crippen molar-refractivity contribution in [2.45, 2.75) is 96.8 Å². The van der Waals surface area contributed by atoms with Crippen molar-refractivity contribution in [2.75, 3.05) is 85.8 Å². The van der Waals surface area contributed by atoms with Gasteiger partial charge in [-0.15, -0.1) is 0 Å². The Bertz CT molecular complexity index is 2270. The van der Waals surface area contributed by atoms with Crippen LogP contribution in [0.1, 0.15) is 104 Å². The molecular weight excluding hydrogens is 937 g/mol. The molecule has 73 heavy (non-hydrogen) atoms. The van der Waals surface area contributed by atoms with Gasteiger partial charge < -0.3 is 50.3 Å². The highest BCUT2D eigenvalue weighted by Crippen LogP contribution is 2.42. The van der Waals surface area contributed by atoms with Crippen LogP contribution in [0.4, 0.5) is 11.4 Å². The molecule has 3 aromatic rings. The van der Waals surface area contributed by atoms with E-state index in [1.165, 1.54) is 19.2 Å². The van der Waals surface area contributed by atoms with Crippen LogP contribution < -0.4 is 31.7 Å². The number of imide groups is 1. The molecule has 3 amide bonds. The lowest BCUT2D eigenvalue weighted by atomic mass is 9.99. The number of anilines is 1. The first kappa shape index (κ1) is 60.5. The first-order valence-corrected chi connectivity index (χ1v) is 24.7. The molecule has 6 N–H and O–H groups in total. The van der Waals surface area contributed by atoms with E-state index in [9.17, 15) is 29.2 Å². The number of nitriles is 1. The molecule has 2 aliphatic rings. The Balaban J connectivity index is 0.000000303. The minimum absolute atomic E-state index is 0.00977. The molecule has 0 saturated heterocycles. The van der Waals surface area contributed by atoms with Crippen molar-refractivity contribution in [3.8, 4) is 11.8 Å². The maximum Gasteiger partial charge on any atom is 0.226 e. The number of amidine groups is 1. The van der Waals surface area contributed by atoms with Crippen molar-refractivity contribution in [1.82, 2.24) is 35.3 Å². The molecule has 1 aliphatic heterocycles. The fourth-order valence-corrected chi connectivity index (χ4v) is 8.21. The summed E-state index contributed by atoms with van der Waals surface area (Å²) in [6.07, 6.45) is 14.2. The number of amides is 3. The maximum absolute atomic E-state index is 11.3. The molecule has 21 heteroatoms. The molecule has 0 radical (unpaired) electrons. The van der Waals surface area contributed by atoms with Gasteiger partial charge in [0.05, 0.1) is 71.0 Å². The van der Waals surface area contributed by atoms with Crippen molar-refractivity contribution in [3.63, 3.8) is 0 Å². The first-order chi connectivity index (χ1) is 35.6. The highest BCUT2D eigenvalue weighted by molar-refractivity contribution is 6.19. The quantitative estimate of drug-likeness (QED) is 0.0263. The fraction of sp³-hybridized carbons (Fsp3) is 0.519. The average Bonchev–Trinajstić information content (AvgIpc) is 4.10. The van der Waals surface area contributed by atoms with Gasteiger partial charge in [-0.05, 0) is 75.9 Å². The molecule has 5 rings (SSSR count). The molecule has 2 aromatic carbocycles. The summed E-state index contributed by atoms with van der Waals surface area (Å²) in [5, 5.41) is 20.5. The largest absolute Gasteiger partial charge is 0.494 e. The lowest BCUT2D eigenvalue weighted by Gasteiger charge is -2.43. The molecule has 2 heterocycles. The lowest BCUT2D eigenvalue weighted by molar-refractivity contribution is -0.125. The SMILES string of the molecule is CCC1c2c(C#N)ncn2/C(=C/N=CN)C(=Nc2ccc(C)cc2OC)N1C1CCCC1.CNc1cccc(C=O)c1CN(C)C(C)CCC(=O)NC=O.O=CCCNCCOCCOCCOCCNC=O. The predicted octanol–water partition coefficient (Wildman–Crippen LogP) is 4.67. The van der Waals surface area contributed by atoms with Crippen molar-refractivity contribution in [2.24, 2.45) is 15.7 Å². The van der Waals surface area contributed by atoms with E-state index in [4.69, 9.17) is 29.7 Å². The number of aldehydes is 2. The lowest BCUT2D eigenvalue weighted by Crippen LogP contribution is -2.47. The number of hydrogen-bond acceptors (Lipinski definition) is 16. The molecule has 2 unspecified atom stereocenters. The number of imidazole rings is 1. The van der Waals surface area contributed by atoms with Crippen LogP contribution in [-0.2, 0) is 39.9 Å². The van der Waals surface area contributed by atoms with E-state index in [0.29, 0.717) is 114 Å². The zero-order valence-corrected chi connectivity index (χ0v) is 43.3. The second kappa shape index (κ2) is 35.3. The number of aromatic nitrogens is 2. The number of aryl methyl sites for hydroxylation is 1. The highest BCUT2D eigenvalue weighted by Gasteiger charge is 2.41. The number of benzene rings is 2. The second-order valence-corrected chi connectivity index (χ2v) is 17.0. The molecule has 21 nitrogen and oxygen atoms in total. The van der Waals surface area contributed by atoms with Gasteiger partial charge in [-0.2, -0.15) is 5.26 Å². The van der Waals surface area contributed by atoms with Gasteiger partial charge >= 0.3 is 0 Å². The topological polar surface area (TPSA) is 269 Å². The van der Waals surface area contributed by atoms with Gasteiger partial charge in [-0.3, -0.25) is 34.0 Å². The number of nitrogens with one attached hydrogen (secondary N) is 4. The van der Waals surface area contributed by atoms with E-state index < -0.39 is 0 Å². The Labute approximate surface area is 430 Å². The summed E-state index contributed by atoms with van der Waals surface area (Å²) in [5.74, 6) is 1.23. The first-order valence-electron chi connectivity index (χ1n) is 24.7. The van der Waals surface area contributed by atoms with E-state index in [-0.39, 0.29) is 18.0 Å². The average molecular weight is 1010 g/mol. The van der Waals surface area contributed by atoms with E-state index in [1.54, 1.807) is 25.7 Å². The molecule has 398 valence electrons. The third-order valence-electron chi connectivity index (χ3n) is 12.1. The third kappa shape index (κ3) is 20.0. The van der Waals surface area contributed by atoms with Crippen LogP contribution in [-0.4, -0.2) is 155 Å². The number of carbonyl (C=O) groups is 5. The predicted molar refractivity (Wildman–Crippen MR) is 282 cm³/mol. The summed E-state index contributed by atoms with van der Waals surface area (Å²) in [6, 6.07) is 14.3. The Hall–Kier alpha value is -6.83. The Morgan fingerprint density at radius 2 is 1.73 bits per heavy atom. The normalized spacial score (nSPS) is 15.6. The summed E-state index contributed by atoms with van der Waals surface area (Å²) in [6.45, 7) is 11.9. The van der Waals surface area contributed by atoms with E-state index >= 15 is 0 Å². The number of rotatable bonds is 30. The van der Waals surface area contributed by atoms with Gasteiger partial charge in [0.2, 0.25) is 18.7 Å². The molecule has 1 aliphatic carbocycles. The number of fused-ring (bicyclic) bond motifs is 1. The van der Waals surface area contributed by atoms with Crippen LogP contribution >= 0.6 is 0 Å². The van der Waals surface area contributed by atoms with Crippen molar-refractivity contribution in [1.29, 1.82) is 5.26 Å². The number of ether oxygens (including phenoxy) is 4. The Kier molecular flexibility index (Phi) is 29.3. The monoisotopic (exact) mass is 1010 g/mol. The summed E-state index contributed by atoms with van der Waals surface area (Å²) in [4.78, 5) is 70.8. The fourth-order valence-electron chi connectivity index (χ4n) is 8.21. The molecular formula is C52H76N12O9. The van der Waals surface area contributed by atoms with Crippen LogP contribution in [0.3, 0.4) is 0 Å². The van der Waals surface area contributed by atoms with Gasteiger partial charge in [-0.25, -0.2) is 15.0 Å². The minimum atomic E-state index is -0.278. The summed E-state index contributed by atoms with van der Waals surface area (Å²) >= 11 is 0. The van der Waals surface area contributed by atoms with Gasteiger partial charge in [-0.1, -0.05) is 38.0 Å². The van der Waals surface area contributed by atoms with Crippen molar-refractivity contribution < 1.29 is 42.9 Å². The number of aliphatic imine (C=N–C) groups is 2. The van der Waals surface area contributed by atoms with Gasteiger partial charge in [0.15, 0.2) is 11.5 Å². The van der Waals surface area contributed by atoms with Gasteiger partial charge in [0.1, 0.15) is 42.1 Å².